The molecule has 0 radical (unpaired) electrons. The van der Waals surface area contributed by atoms with Gasteiger partial charge >= 0.3 is 5.97 Å². The second-order valence-electron chi connectivity index (χ2n) is 7.40. The van der Waals surface area contributed by atoms with E-state index in [1.807, 2.05) is 26.2 Å². The Kier molecular flexibility index (Phi) is 11.6. The van der Waals surface area contributed by atoms with Crippen LogP contribution < -0.4 is 16.0 Å². The van der Waals surface area contributed by atoms with Crippen molar-refractivity contribution < 1.29 is 24.3 Å². The fourth-order valence-electron chi connectivity index (χ4n) is 2.91. The summed E-state index contributed by atoms with van der Waals surface area (Å²) in [4.78, 5) is 47.9. The molecule has 0 aliphatic carbocycles. The topological polar surface area (TPSA) is 125 Å². The van der Waals surface area contributed by atoms with E-state index in [4.69, 9.17) is 0 Å². The maximum atomic E-state index is 12.8. The summed E-state index contributed by atoms with van der Waals surface area (Å²) >= 11 is 1.54. The quantitative estimate of drug-likeness (QED) is 0.324. The van der Waals surface area contributed by atoms with Crippen LogP contribution in [0.25, 0.3) is 0 Å². The molecule has 3 atom stereocenters. The van der Waals surface area contributed by atoms with Crippen LogP contribution >= 0.6 is 11.8 Å². The van der Waals surface area contributed by atoms with Gasteiger partial charge in [0.05, 0.1) is 0 Å². The molecule has 0 aromatic heterocycles. The average Bonchev–Trinajstić information content (AvgIpc) is 2.70. The summed E-state index contributed by atoms with van der Waals surface area (Å²) in [6, 6.07) is 6.23. The van der Waals surface area contributed by atoms with Gasteiger partial charge < -0.3 is 21.1 Å². The van der Waals surface area contributed by atoms with E-state index in [-0.39, 0.29) is 12.3 Å². The summed E-state index contributed by atoms with van der Waals surface area (Å²) in [5.41, 5.74) is 0.780. The van der Waals surface area contributed by atoms with Gasteiger partial charge in [-0.05, 0) is 36.3 Å². The van der Waals surface area contributed by atoms with Crippen LogP contribution in [0.4, 0.5) is 0 Å². The van der Waals surface area contributed by atoms with E-state index in [0.717, 1.165) is 5.56 Å². The third-order valence-corrected chi connectivity index (χ3v) is 5.08. The number of carboxylic acid groups (broad SMARTS) is 1. The Morgan fingerprint density at radius 3 is 2.17 bits per heavy atom. The predicted octanol–water partition coefficient (Wildman–Crippen LogP) is 1.20. The van der Waals surface area contributed by atoms with Crippen molar-refractivity contribution in [3.63, 3.8) is 0 Å². The molecule has 0 bridgehead atoms. The zero-order valence-electron chi connectivity index (χ0n) is 17.6. The molecule has 1 aromatic carbocycles. The van der Waals surface area contributed by atoms with Gasteiger partial charge in [-0.3, -0.25) is 14.4 Å². The standard InChI is InChI=1S/C21H31N3O5S/c1-14(2)11-17(23-19(26)16(22-13-25)9-10-30-3)20(27)24-18(21(28)29)12-15-7-5-4-6-8-15/h4-8,13-14,16-18H,9-12H2,1-3H3,(H,22,25)(H,23,26)(H,24,27)(H,28,29)/t16-,17+,18+/m0/s1. The van der Waals surface area contributed by atoms with Crippen molar-refractivity contribution in [3.05, 3.63) is 35.9 Å². The highest BCUT2D eigenvalue weighted by molar-refractivity contribution is 7.98. The summed E-state index contributed by atoms with van der Waals surface area (Å²) in [6.07, 6.45) is 3.25. The smallest absolute Gasteiger partial charge is 0.326 e. The first-order chi connectivity index (χ1) is 14.3. The van der Waals surface area contributed by atoms with Gasteiger partial charge in [0.15, 0.2) is 0 Å². The van der Waals surface area contributed by atoms with Gasteiger partial charge in [-0.2, -0.15) is 11.8 Å². The molecule has 1 aromatic rings. The number of thioether (sulfide) groups is 1. The van der Waals surface area contributed by atoms with Crippen molar-refractivity contribution in [2.45, 2.75) is 51.2 Å². The molecule has 4 N–H and O–H groups in total. The number of benzene rings is 1. The molecule has 9 heteroatoms. The van der Waals surface area contributed by atoms with Crippen LogP contribution in [0, 0.1) is 5.92 Å². The molecule has 3 amide bonds. The van der Waals surface area contributed by atoms with E-state index in [1.54, 1.807) is 36.0 Å². The zero-order valence-corrected chi connectivity index (χ0v) is 18.4. The second-order valence-corrected chi connectivity index (χ2v) is 8.38. The molecule has 0 aliphatic heterocycles. The van der Waals surface area contributed by atoms with E-state index in [0.29, 0.717) is 25.0 Å². The molecular weight excluding hydrogens is 406 g/mol. The third kappa shape index (κ3) is 9.30. The van der Waals surface area contributed by atoms with Gasteiger partial charge in [0.2, 0.25) is 18.2 Å². The number of carbonyl (C=O) groups is 4. The Balaban J connectivity index is 2.88. The Morgan fingerprint density at radius 2 is 1.63 bits per heavy atom. The zero-order chi connectivity index (χ0) is 22.5. The number of amides is 3. The van der Waals surface area contributed by atoms with Crippen LogP contribution in [-0.2, 0) is 25.6 Å². The Morgan fingerprint density at radius 1 is 1.03 bits per heavy atom. The van der Waals surface area contributed by atoms with Gasteiger partial charge in [0, 0.05) is 6.42 Å². The first kappa shape index (κ1) is 25.5. The monoisotopic (exact) mass is 437 g/mol. The third-order valence-electron chi connectivity index (χ3n) is 4.43. The highest BCUT2D eigenvalue weighted by Gasteiger charge is 2.29. The molecule has 1 rings (SSSR count). The summed E-state index contributed by atoms with van der Waals surface area (Å²) in [6.45, 7) is 3.81. The highest BCUT2D eigenvalue weighted by atomic mass is 32.2. The van der Waals surface area contributed by atoms with E-state index in [1.165, 1.54) is 0 Å². The summed E-state index contributed by atoms with van der Waals surface area (Å²) in [7, 11) is 0. The van der Waals surface area contributed by atoms with Crippen molar-refractivity contribution >= 4 is 36.0 Å². The van der Waals surface area contributed by atoms with Gasteiger partial charge in [-0.15, -0.1) is 0 Å². The van der Waals surface area contributed by atoms with Gasteiger partial charge in [-0.1, -0.05) is 44.2 Å². The van der Waals surface area contributed by atoms with E-state index < -0.39 is 35.9 Å². The molecule has 0 saturated carbocycles. The lowest BCUT2D eigenvalue weighted by molar-refractivity contribution is -0.142. The Labute approximate surface area is 181 Å². The second kappa shape index (κ2) is 13.6. The maximum absolute atomic E-state index is 12.8. The van der Waals surface area contributed by atoms with Crippen LogP contribution in [0.1, 0.15) is 32.3 Å². The minimum Gasteiger partial charge on any atom is -0.480 e. The first-order valence-corrected chi connectivity index (χ1v) is 11.2. The highest BCUT2D eigenvalue weighted by Crippen LogP contribution is 2.09. The largest absolute Gasteiger partial charge is 0.480 e. The van der Waals surface area contributed by atoms with Crippen LogP contribution in [0.2, 0.25) is 0 Å². The fourth-order valence-corrected chi connectivity index (χ4v) is 3.38. The van der Waals surface area contributed by atoms with Crippen molar-refractivity contribution in [2.75, 3.05) is 12.0 Å². The van der Waals surface area contributed by atoms with E-state index in [9.17, 15) is 24.3 Å². The fraction of sp³-hybridized carbons (Fsp3) is 0.524. The number of rotatable bonds is 14. The number of hydrogen-bond donors (Lipinski definition) is 4. The summed E-state index contributed by atoms with van der Waals surface area (Å²) in [5.74, 6) is -1.43. The van der Waals surface area contributed by atoms with Crippen molar-refractivity contribution in [2.24, 2.45) is 5.92 Å². The van der Waals surface area contributed by atoms with Crippen LogP contribution in [0.5, 0.6) is 0 Å². The molecule has 0 spiro atoms. The van der Waals surface area contributed by atoms with Crippen LogP contribution in [-0.4, -0.2) is 59.4 Å². The number of nitrogens with one attached hydrogen (secondary N) is 3. The van der Waals surface area contributed by atoms with Gasteiger partial charge in [0.25, 0.3) is 0 Å². The number of aliphatic carboxylic acids is 1. The lowest BCUT2D eigenvalue weighted by Gasteiger charge is -2.25. The maximum Gasteiger partial charge on any atom is 0.326 e. The van der Waals surface area contributed by atoms with Crippen molar-refractivity contribution in [3.8, 4) is 0 Å². The number of carbonyl (C=O) groups excluding carboxylic acids is 3. The van der Waals surface area contributed by atoms with E-state index in [2.05, 4.69) is 16.0 Å². The SMILES string of the molecule is CSCC[C@H](NC=O)C(=O)N[C@H](CC(C)C)C(=O)N[C@H](Cc1ccccc1)C(=O)O. The summed E-state index contributed by atoms with van der Waals surface area (Å²) in [5, 5.41) is 17.2. The first-order valence-electron chi connectivity index (χ1n) is 9.84. The molecular formula is C21H31N3O5S. The number of hydrogen-bond acceptors (Lipinski definition) is 5. The minimum atomic E-state index is -1.15. The molecule has 0 heterocycles. The van der Waals surface area contributed by atoms with Crippen LogP contribution in [0.15, 0.2) is 30.3 Å². The van der Waals surface area contributed by atoms with Crippen LogP contribution in [0.3, 0.4) is 0 Å². The summed E-state index contributed by atoms with van der Waals surface area (Å²) < 4.78 is 0. The molecule has 30 heavy (non-hydrogen) atoms. The van der Waals surface area contributed by atoms with Gasteiger partial charge in [-0.25, -0.2) is 4.79 Å². The normalized spacial score (nSPS) is 13.7. The minimum absolute atomic E-state index is 0.0853. The molecule has 8 nitrogen and oxygen atoms in total. The molecule has 0 saturated heterocycles. The average molecular weight is 438 g/mol. The van der Waals surface area contributed by atoms with Gasteiger partial charge in [0.1, 0.15) is 18.1 Å². The molecule has 0 unspecified atom stereocenters. The molecule has 0 fully saturated rings. The molecule has 0 aliphatic rings. The number of carboxylic acids is 1. The lowest BCUT2D eigenvalue weighted by Crippen LogP contribution is -2.55. The predicted molar refractivity (Wildman–Crippen MR) is 117 cm³/mol. The Bertz CT molecular complexity index is 699. The van der Waals surface area contributed by atoms with Crippen molar-refractivity contribution in [1.29, 1.82) is 0 Å². The Hall–Kier alpha value is -2.55. The van der Waals surface area contributed by atoms with Crippen molar-refractivity contribution in [1.82, 2.24) is 16.0 Å². The molecule has 166 valence electrons. The van der Waals surface area contributed by atoms with E-state index >= 15 is 0 Å². The lowest BCUT2D eigenvalue weighted by atomic mass is 10.0.